The molecule has 1 aliphatic rings. The number of aromatic nitrogens is 1. The predicted molar refractivity (Wildman–Crippen MR) is 154 cm³/mol. The van der Waals surface area contributed by atoms with Gasteiger partial charge in [0.05, 0.1) is 36.6 Å². The van der Waals surface area contributed by atoms with E-state index in [-0.39, 0.29) is 47.9 Å². The second-order valence-electron chi connectivity index (χ2n) is 9.84. The van der Waals surface area contributed by atoms with Crippen LogP contribution in [0, 0.1) is 11.8 Å². The minimum Gasteiger partial charge on any atom is -0.469 e. The lowest BCUT2D eigenvalue weighted by atomic mass is 9.99. The number of ether oxygens (including phenoxy) is 3. The molecule has 0 saturated carbocycles. The molecular formula is C32H30F3N3O6. The summed E-state index contributed by atoms with van der Waals surface area (Å²) in [5.41, 5.74) is 1.22. The fourth-order valence-corrected chi connectivity index (χ4v) is 4.56. The van der Waals surface area contributed by atoms with Crippen molar-refractivity contribution in [1.82, 2.24) is 9.88 Å². The molecule has 12 heteroatoms. The molecule has 3 aromatic rings. The molecule has 1 aromatic heterocycles. The number of hydrogen-bond acceptors (Lipinski definition) is 7. The van der Waals surface area contributed by atoms with Gasteiger partial charge in [-0.05, 0) is 67.6 Å². The molecule has 4 rings (SSSR count). The van der Waals surface area contributed by atoms with Crippen molar-refractivity contribution in [2.24, 2.45) is 0 Å². The van der Waals surface area contributed by atoms with E-state index in [1.165, 1.54) is 7.11 Å². The van der Waals surface area contributed by atoms with E-state index in [4.69, 9.17) is 14.2 Å². The number of carbonyl (C=O) groups is 3. The van der Waals surface area contributed by atoms with Gasteiger partial charge in [-0.15, -0.1) is 0 Å². The van der Waals surface area contributed by atoms with Crippen LogP contribution in [0.25, 0.3) is 0 Å². The third kappa shape index (κ3) is 8.06. The van der Waals surface area contributed by atoms with Gasteiger partial charge in [-0.3, -0.25) is 14.9 Å². The Morgan fingerprint density at radius 2 is 1.86 bits per heavy atom. The average Bonchev–Trinajstić information content (AvgIpc) is 3.33. The molecule has 2 aromatic carbocycles. The normalized spacial score (nSPS) is 14.5. The van der Waals surface area contributed by atoms with Crippen LogP contribution in [-0.4, -0.2) is 48.6 Å². The van der Waals surface area contributed by atoms with Crippen molar-refractivity contribution in [3.8, 4) is 23.3 Å². The number of aryl methyl sites for hydroxylation is 1. The maximum atomic E-state index is 13.0. The number of esters is 1. The first-order valence-electron chi connectivity index (χ1n) is 13.7. The van der Waals surface area contributed by atoms with Crippen LogP contribution < -0.4 is 10.1 Å². The molecule has 1 aliphatic heterocycles. The number of anilines is 1. The first-order chi connectivity index (χ1) is 21.0. The van der Waals surface area contributed by atoms with Gasteiger partial charge < -0.3 is 19.1 Å². The first kappa shape index (κ1) is 31.9. The number of halogens is 3. The van der Waals surface area contributed by atoms with Gasteiger partial charge in [0.15, 0.2) is 0 Å². The lowest BCUT2D eigenvalue weighted by Crippen LogP contribution is -2.23. The zero-order chi connectivity index (χ0) is 31.9. The van der Waals surface area contributed by atoms with Crippen LogP contribution in [0.2, 0.25) is 0 Å². The van der Waals surface area contributed by atoms with Crippen LogP contribution in [0.1, 0.15) is 60.2 Å². The molecule has 0 radical (unpaired) electrons. The maximum absolute atomic E-state index is 13.0. The summed E-state index contributed by atoms with van der Waals surface area (Å²) in [5, 5.41) is 2.66. The Morgan fingerprint density at radius 3 is 2.45 bits per heavy atom. The number of methoxy groups -OCH3 is 1. The fraction of sp³-hybridized carbons (Fsp3) is 0.312. The summed E-state index contributed by atoms with van der Waals surface area (Å²) in [4.78, 5) is 41.7. The van der Waals surface area contributed by atoms with Gasteiger partial charge in [-0.2, -0.15) is 13.2 Å². The molecule has 1 saturated heterocycles. The largest absolute Gasteiger partial charge is 0.469 e. The summed E-state index contributed by atoms with van der Waals surface area (Å²) in [7, 11) is 3.01. The number of carbonyl (C=O) groups excluding carboxylic acids is 3. The number of hydrogen-bond donors (Lipinski definition) is 1. The van der Waals surface area contributed by atoms with Gasteiger partial charge >= 0.3 is 18.2 Å². The van der Waals surface area contributed by atoms with E-state index in [2.05, 4.69) is 22.1 Å². The quantitative estimate of drug-likeness (QED) is 0.237. The van der Waals surface area contributed by atoms with E-state index < -0.39 is 17.8 Å². The van der Waals surface area contributed by atoms with Crippen LogP contribution in [-0.2, 0) is 31.7 Å². The Morgan fingerprint density at radius 1 is 1.11 bits per heavy atom. The number of alkyl halides is 3. The van der Waals surface area contributed by atoms with Crippen molar-refractivity contribution in [3.63, 3.8) is 0 Å². The first-order valence-corrected chi connectivity index (χ1v) is 13.7. The van der Waals surface area contributed by atoms with Gasteiger partial charge in [0, 0.05) is 31.6 Å². The zero-order valence-corrected chi connectivity index (χ0v) is 24.3. The number of amides is 2. The monoisotopic (exact) mass is 609 g/mol. The van der Waals surface area contributed by atoms with Crippen molar-refractivity contribution in [2.75, 3.05) is 26.1 Å². The van der Waals surface area contributed by atoms with E-state index in [1.807, 2.05) is 12.1 Å². The number of pyridine rings is 1. The standard InChI is InChI=1S/C32H30F3N3O6/c1-4-43-31(41)37-26-18-25(27-14-15-29(39)38(27)2)28(44-24-12-5-20(6-13-24)7-16-30(40)42-3)17-21(26)8-10-23-11-9-22(19-36-23)32(33,34)35/h5-6,9,11-13,17-19,27H,4,7,14-16H2,1-3H3,(H,37,41). The highest BCUT2D eigenvalue weighted by Gasteiger charge is 2.32. The zero-order valence-electron chi connectivity index (χ0n) is 24.3. The maximum Gasteiger partial charge on any atom is 0.417 e. The number of nitrogens with one attached hydrogen (secondary N) is 1. The smallest absolute Gasteiger partial charge is 0.417 e. The van der Waals surface area contributed by atoms with Crippen LogP contribution in [0.5, 0.6) is 11.5 Å². The molecule has 1 atom stereocenters. The molecule has 1 fully saturated rings. The summed E-state index contributed by atoms with van der Waals surface area (Å²) >= 11 is 0. The van der Waals surface area contributed by atoms with Gasteiger partial charge in [0.2, 0.25) is 5.91 Å². The van der Waals surface area contributed by atoms with E-state index in [1.54, 1.807) is 43.1 Å². The molecule has 0 spiro atoms. The van der Waals surface area contributed by atoms with Crippen molar-refractivity contribution < 1.29 is 41.8 Å². The Kier molecular flexibility index (Phi) is 10.1. The molecule has 230 valence electrons. The minimum atomic E-state index is -4.54. The molecule has 0 aliphatic carbocycles. The number of benzene rings is 2. The Balaban J connectivity index is 1.74. The number of rotatable bonds is 8. The highest BCUT2D eigenvalue weighted by atomic mass is 19.4. The lowest BCUT2D eigenvalue weighted by Gasteiger charge is -2.24. The van der Waals surface area contributed by atoms with E-state index in [9.17, 15) is 27.6 Å². The fourth-order valence-electron chi connectivity index (χ4n) is 4.56. The van der Waals surface area contributed by atoms with Gasteiger partial charge in [-0.25, -0.2) is 9.78 Å². The second-order valence-corrected chi connectivity index (χ2v) is 9.84. The Labute approximate surface area is 252 Å². The molecular weight excluding hydrogens is 579 g/mol. The van der Waals surface area contributed by atoms with E-state index in [0.717, 1.165) is 17.7 Å². The number of nitrogens with zero attached hydrogens (tertiary/aromatic N) is 2. The molecule has 1 N–H and O–H groups in total. The van der Waals surface area contributed by atoms with Crippen molar-refractivity contribution in [1.29, 1.82) is 0 Å². The van der Waals surface area contributed by atoms with Crippen molar-refractivity contribution in [2.45, 2.75) is 44.8 Å². The van der Waals surface area contributed by atoms with E-state index in [0.29, 0.717) is 42.5 Å². The minimum absolute atomic E-state index is 0.0481. The van der Waals surface area contributed by atoms with Gasteiger partial charge in [-0.1, -0.05) is 18.1 Å². The van der Waals surface area contributed by atoms with Crippen LogP contribution in [0.15, 0.2) is 54.7 Å². The third-order valence-corrected chi connectivity index (χ3v) is 6.93. The SMILES string of the molecule is CCOC(=O)Nc1cc(C2CCC(=O)N2C)c(Oc2ccc(CCC(=O)OC)cc2)cc1C#Cc1ccc(C(F)(F)F)cn1. The van der Waals surface area contributed by atoms with E-state index >= 15 is 0 Å². The highest BCUT2D eigenvalue weighted by Crippen LogP contribution is 2.41. The van der Waals surface area contributed by atoms with Gasteiger partial charge in [0.25, 0.3) is 0 Å². The second kappa shape index (κ2) is 13.9. The molecule has 44 heavy (non-hydrogen) atoms. The molecule has 2 amide bonds. The summed E-state index contributed by atoms with van der Waals surface area (Å²) < 4.78 is 54.9. The molecule has 9 nitrogen and oxygen atoms in total. The molecule has 2 heterocycles. The van der Waals surface area contributed by atoms with Crippen LogP contribution >= 0.6 is 0 Å². The van der Waals surface area contributed by atoms with Crippen LogP contribution in [0.3, 0.4) is 0 Å². The van der Waals surface area contributed by atoms with Crippen molar-refractivity contribution >= 4 is 23.7 Å². The van der Waals surface area contributed by atoms with Gasteiger partial charge in [0.1, 0.15) is 17.2 Å². The highest BCUT2D eigenvalue weighted by molar-refractivity contribution is 5.88. The molecule has 1 unspecified atom stereocenters. The average molecular weight is 610 g/mol. The Bertz CT molecular complexity index is 1580. The predicted octanol–water partition coefficient (Wildman–Crippen LogP) is 6.26. The topological polar surface area (TPSA) is 107 Å². The summed E-state index contributed by atoms with van der Waals surface area (Å²) in [6, 6.07) is 12.0. The van der Waals surface area contributed by atoms with Crippen molar-refractivity contribution in [3.05, 3.63) is 82.7 Å². The summed E-state index contributed by atoms with van der Waals surface area (Å²) in [5.74, 6) is 6.07. The summed E-state index contributed by atoms with van der Waals surface area (Å²) in [6.45, 7) is 1.77. The summed E-state index contributed by atoms with van der Waals surface area (Å²) in [6.07, 6.45) is -3.02. The number of likely N-dealkylation sites (tertiary alicyclic amines) is 1. The molecule has 0 bridgehead atoms. The third-order valence-electron chi connectivity index (χ3n) is 6.93. The Hall–Kier alpha value is -5.05. The lowest BCUT2D eigenvalue weighted by molar-refractivity contribution is -0.140. The van der Waals surface area contributed by atoms with Crippen LogP contribution in [0.4, 0.5) is 23.7 Å².